The molecule has 1 aromatic carbocycles. The Morgan fingerprint density at radius 2 is 2.12 bits per heavy atom. The molecule has 3 aromatic rings. The normalized spacial score (nSPS) is 11.8. The van der Waals surface area contributed by atoms with E-state index < -0.39 is 0 Å². The van der Waals surface area contributed by atoms with Gasteiger partial charge in [-0.3, -0.25) is 4.98 Å². The van der Waals surface area contributed by atoms with Crippen molar-refractivity contribution in [3.8, 4) is 22.8 Å². The van der Waals surface area contributed by atoms with Crippen molar-refractivity contribution in [3.63, 3.8) is 0 Å². The van der Waals surface area contributed by atoms with E-state index in [2.05, 4.69) is 41.7 Å². The van der Waals surface area contributed by atoms with E-state index in [1.807, 2.05) is 32.0 Å². The number of pyridine rings is 1. The van der Waals surface area contributed by atoms with E-state index >= 15 is 0 Å². The monoisotopic (exact) mass is 415 g/mol. The first-order valence-electron chi connectivity index (χ1n) is 8.17. The number of carbonyl (C=O) groups is 1. The maximum atomic E-state index is 12.0. The van der Waals surface area contributed by atoms with Gasteiger partial charge in [0, 0.05) is 34.2 Å². The highest BCUT2D eigenvalue weighted by Gasteiger charge is 2.12. The van der Waals surface area contributed by atoms with Gasteiger partial charge in [0.05, 0.1) is 5.56 Å². The minimum atomic E-state index is -0.245. The van der Waals surface area contributed by atoms with Gasteiger partial charge < -0.3 is 15.2 Å². The van der Waals surface area contributed by atoms with E-state index in [0.29, 0.717) is 17.4 Å². The zero-order chi connectivity index (χ0) is 18.5. The number of anilines is 1. The van der Waals surface area contributed by atoms with Crippen molar-refractivity contribution in [2.45, 2.75) is 26.3 Å². The summed E-state index contributed by atoms with van der Waals surface area (Å²) in [4.78, 5) is 20.5. The van der Waals surface area contributed by atoms with Crippen LogP contribution >= 0.6 is 15.9 Å². The van der Waals surface area contributed by atoms with Gasteiger partial charge in [0.25, 0.3) is 5.89 Å². The number of hydrogen-bond donors (Lipinski definition) is 2. The number of aromatic nitrogens is 3. The van der Waals surface area contributed by atoms with Crippen LogP contribution in [0.5, 0.6) is 0 Å². The molecule has 2 heterocycles. The van der Waals surface area contributed by atoms with Crippen LogP contribution in [-0.4, -0.2) is 27.2 Å². The highest BCUT2D eigenvalue weighted by Crippen LogP contribution is 2.25. The Bertz CT molecular complexity index is 912. The van der Waals surface area contributed by atoms with Crippen molar-refractivity contribution >= 4 is 27.6 Å². The zero-order valence-electron chi connectivity index (χ0n) is 14.4. The number of benzene rings is 1. The first kappa shape index (κ1) is 18.1. The van der Waals surface area contributed by atoms with Gasteiger partial charge in [0.2, 0.25) is 5.82 Å². The van der Waals surface area contributed by atoms with Gasteiger partial charge in [0.1, 0.15) is 0 Å². The van der Waals surface area contributed by atoms with Crippen LogP contribution in [0.1, 0.15) is 20.3 Å². The third-order valence-electron chi connectivity index (χ3n) is 3.75. The first-order valence-corrected chi connectivity index (χ1v) is 8.97. The quantitative estimate of drug-likeness (QED) is 0.640. The predicted octanol–water partition coefficient (Wildman–Crippen LogP) is 4.48. The maximum absolute atomic E-state index is 12.0. The zero-order valence-corrected chi connectivity index (χ0v) is 15.9. The maximum Gasteiger partial charge on any atom is 0.319 e. The minimum absolute atomic E-state index is 0.108. The largest absolute Gasteiger partial charge is 0.335 e. The van der Waals surface area contributed by atoms with E-state index in [4.69, 9.17) is 4.52 Å². The van der Waals surface area contributed by atoms with Crippen molar-refractivity contribution < 1.29 is 9.32 Å². The van der Waals surface area contributed by atoms with E-state index in [1.54, 1.807) is 24.5 Å². The van der Waals surface area contributed by atoms with Gasteiger partial charge in [0.15, 0.2) is 0 Å². The third-order valence-corrected chi connectivity index (χ3v) is 4.18. The van der Waals surface area contributed by atoms with Crippen molar-refractivity contribution in [1.82, 2.24) is 20.4 Å². The molecule has 0 aliphatic heterocycles. The van der Waals surface area contributed by atoms with Crippen molar-refractivity contribution in [2.24, 2.45) is 0 Å². The standard InChI is InChI=1S/C18H18BrN5O2/c1-3-11(2)21-18(25)22-15-6-4-5-12(8-15)16-23-17(26-24-16)13-7-14(19)10-20-9-13/h4-11H,3H2,1-2H3,(H2,21,22,25)/t11-/m1/s1. The summed E-state index contributed by atoms with van der Waals surface area (Å²) in [6.07, 6.45) is 4.20. The number of nitrogens with one attached hydrogen (secondary N) is 2. The summed E-state index contributed by atoms with van der Waals surface area (Å²) in [5.74, 6) is 0.813. The van der Waals surface area contributed by atoms with E-state index in [-0.39, 0.29) is 12.1 Å². The lowest BCUT2D eigenvalue weighted by atomic mass is 10.2. The number of carbonyl (C=O) groups excluding carboxylic acids is 1. The summed E-state index contributed by atoms with van der Waals surface area (Å²) in [6, 6.07) is 8.99. The molecule has 3 rings (SSSR count). The molecule has 26 heavy (non-hydrogen) atoms. The molecule has 2 amide bonds. The van der Waals surface area contributed by atoms with Crippen molar-refractivity contribution in [3.05, 3.63) is 47.2 Å². The average molecular weight is 416 g/mol. The topological polar surface area (TPSA) is 92.9 Å². The van der Waals surface area contributed by atoms with Gasteiger partial charge in [-0.25, -0.2) is 4.79 Å². The van der Waals surface area contributed by atoms with Crippen LogP contribution in [0.15, 0.2) is 51.7 Å². The van der Waals surface area contributed by atoms with E-state index in [0.717, 1.165) is 22.0 Å². The molecule has 0 unspecified atom stereocenters. The molecule has 0 saturated heterocycles. The second-order valence-electron chi connectivity index (χ2n) is 5.80. The van der Waals surface area contributed by atoms with Gasteiger partial charge in [-0.1, -0.05) is 24.2 Å². The molecule has 0 saturated carbocycles. The second kappa shape index (κ2) is 8.09. The summed E-state index contributed by atoms with van der Waals surface area (Å²) in [5.41, 5.74) is 2.11. The van der Waals surface area contributed by atoms with Gasteiger partial charge in [-0.2, -0.15) is 4.98 Å². The Morgan fingerprint density at radius 3 is 2.88 bits per heavy atom. The Hall–Kier alpha value is -2.74. The van der Waals surface area contributed by atoms with Gasteiger partial charge in [-0.05, 0) is 47.5 Å². The smallest absolute Gasteiger partial charge is 0.319 e. The lowest BCUT2D eigenvalue weighted by Crippen LogP contribution is -2.35. The molecule has 7 nitrogen and oxygen atoms in total. The molecule has 8 heteroatoms. The van der Waals surface area contributed by atoms with Gasteiger partial charge >= 0.3 is 6.03 Å². The average Bonchev–Trinajstić information content (AvgIpc) is 3.12. The fourth-order valence-electron chi connectivity index (χ4n) is 2.22. The Morgan fingerprint density at radius 1 is 1.27 bits per heavy atom. The number of rotatable bonds is 5. The Labute approximate surface area is 159 Å². The molecule has 0 fully saturated rings. The Balaban J connectivity index is 1.77. The van der Waals surface area contributed by atoms with Crippen LogP contribution in [0.25, 0.3) is 22.8 Å². The summed E-state index contributed by atoms with van der Waals surface area (Å²) >= 11 is 3.37. The lowest BCUT2D eigenvalue weighted by Gasteiger charge is -2.12. The van der Waals surface area contributed by atoms with Crippen LogP contribution in [0.2, 0.25) is 0 Å². The van der Waals surface area contributed by atoms with E-state index in [9.17, 15) is 4.79 Å². The summed E-state index contributed by atoms with van der Waals surface area (Å²) < 4.78 is 6.15. The highest BCUT2D eigenvalue weighted by atomic mass is 79.9. The lowest BCUT2D eigenvalue weighted by molar-refractivity contribution is 0.249. The molecule has 0 aliphatic rings. The molecular weight excluding hydrogens is 398 g/mol. The van der Waals surface area contributed by atoms with E-state index in [1.165, 1.54) is 0 Å². The summed E-state index contributed by atoms with van der Waals surface area (Å²) in [6.45, 7) is 3.97. The predicted molar refractivity (Wildman–Crippen MR) is 103 cm³/mol. The van der Waals surface area contributed by atoms with Crippen molar-refractivity contribution in [1.29, 1.82) is 0 Å². The minimum Gasteiger partial charge on any atom is -0.335 e. The molecule has 1 atom stereocenters. The molecule has 134 valence electrons. The highest BCUT2D eigenvalue weighted by molar-refractivity contribution is 9.10. The fraction of sp³-hybridized carbons (Fsp3) is 0.222. The number of halogens is 1. The van der Waals surface area contributed by atoms with Crippen LogP contribution in [0.3, 0.4) is 0 Å². The number of urea groups is 1. The fourth-order valence-corrected chi connectivity index (χ4v) is 2.58. The molecule has 0 bridgehead atoms. The molecule has 0 aliphatic carbocycles. The summed E-state index contributed by atoms with van der Waals surface area (Å²) in [5, 5.41) is 9.68. The van der Waals surface area contributed by atoms with Crippen LogP contribution in [-0.2, 0) is 0 Å². The van der Waals surface area contributed by atoms with Crippen LogP contribution < -0.4 is 10.6 Å². The van der Waals surface area contributed by atoms with Gasteiger partial charge in [-0.15, -0.1) is 0 Å². The molecular formula is C18H18BrN5O2. The first-order chi connectivity index (χ1) is 12.5. The number of amides is 2. The van der Waals surface area contributed by atoms with Crippen LogP contribution in [0, 0.1) is 0 Å². The molecule has 0 spiro atoms. The molecule has 2 aromatic heterocycles. The van der Waals surface area contributed by atoms with Crippen LogP contribution in [0.4, 0.5) is 10.5 Å². The van der Waals surface area contributed by atoms with Crippen molar-refractivity contribution in [2.75, 3.05) is 5.32 Å². The molecule has 0 radical (unpaired) electrons. The Kier molecular flexibility index (Phi) is 5.62. The molecule has 2 N–H and O–H groups in total. The number of hydrogen-bond acceptors (Lipinski definition) is 5. The summed E-state index contributed by atoms with van der Waals surface area (Å²) in [7, 11) is 0. The number of nitrogens with zero attached hydrogens (tertiary/aromatic N) is 3. The third kappa shape index (κ3) is 4.45. The SMILES string of the molecule is CC[C@@H](C)NC(=O)Nc1cccc(-c2noc(-c3cncc(Br)c3)n2)c1. The second-order valence-corrected chi connectivity index (χ2v) is 6.72.